The van der Waals surface area contributed by atoms with Crippen LogP contribution in [0.1, 0.15) is 69.6 Å². The number of benzene rings is 3. The zero-order valence-corrected chi connectivity index (χ0v) is 28.1. The molecule has 0 radical (unpaired) electrons. The van der Waals surface area contributed by atoms with E-state index in [4.69, 9.17) is 9.47 Å². The number of nitrogens with one attached hydrogen (secondary N) is 3. The third-order valence-corrected chi connectivity index (χ3v) is 8.17. The van der Waals surface area contributed by atoms with Gasteiger partial charge in [-0.3, -0.25) is 14.4 Å². The van der Waals surface area contributed by atoms with Crippen molar-refractivity contribution in [3.8, 4) is 5.75 Å². The summed E-state index contributed by atoms with van der Waals surface area (Å²) in [4.78, 5) is 43.6. The summed E-state index contributed by atoms with van der Waals surface area (Å²) in [5.74, 6) is -0.772. The SMILES string of the molecule is COc1ccc(CCCCCC(CC(=O)OC(C)(C)C)C(=O)NC(Cc2c[nH]c3ccccc23)C(=O)NCCc2ccccc2)cc1. The van der Waals surface area contributed by atoms with E-state index in [1.54, 1.807) is 7.11 Å². The standard InChI is InChI=1S/C39H49N3O5/c1-39(2,3)47-36(43)26-30(16-10-6-9-15-29-19-21-32(46-4)22-20-29)37(44)42-35(25-31-27-41-34-18-12-11-17-33(31)34)38(45)40-24-23-28-13-7-5-8-14-28/h5,7-8,11-14,17-22,27,30,35,41H,6,9-10,15-16,23-26H2,1-4H3,(H,40,45)(H,42,44). The second kappa shape index (κ2) is 17.4. The molecule has 2 unspecified atom stereocenters. The maximum absolute atomic E-state index is 13.9. The van der Waals surface area contributed by atoms with Gasteiger partial charge in [0.2, 0.25) is 11.8 Å². The maximum atomic E-state index is 13.9. The van der Waals surface area contributed by atoms with Crippen LogP contribution in [0.2, 0.25) is 0 Å². The van der Waals surface area contributed by atoms with Crippen LogP contribution in [0.4, 0.5) is 0 Å². The maximum Gasteiger partial charge on any atom is 0.307 e. The average molecular weight is 640 g/mol. The summed E-state index contributed by atoms with van der Waals surface area (Å²) in [6.45, 7) is 5.89. The number of methoxy groups -OCH3 is 1. The van der Waals surface area contributed by atoms with Crippen LogP contribution in [0.5, 0.6) is 5.75 Å². The molecule has 0 bridgehead atoms. The molecule has 0 spiro atoms. The molecular formula is C39H49N3O5. The van der Waals surface area contributed by atoms with Crippen molar-refractivity contribution >= 4 is 28.7 Å². The van der Waals surface area contributed by atoms with Crippen molar-refractivity contribution in [2.24, 2.45) is 5.92 Å². The molecule has 8 heteroatoms. The molecule has 4 aromatic rings. The Hall–Kier alpha value is -4.59. The van der Waals surface area contributed by atoms with Crippen LogP contribution in [-0.2, 0) is 38.4 Å². The molecule has 4 rings (SSSR count). The molecule has 3 aromatic carbocycles. The van der Waals surface area contributed by atoms with E-state index >= 15 is 0 Å². The highest BCUT2D eigenvalue weighted by molar-refractivity contribution is 5.91. The lowest BCUT2D eigenvalue weighted by Crippen LogP contribution is -2.50. The summed E-state index contributed by atoms with van der Waals surface area (Å²) in [5.41, 5.74) is 3.59. The van der Waals surface area contributed by atoms with Gasteiger partial charge in [0, 0.05) is 36.0 Å². The molecule has 0 saturated heterocycles. The number of hydrogen-bond donors (Lipinski definition) is 3. The van der Waals surface area contributed by atoms with Crippen molar-refractivity contribution in [2.75, 3.05) is 13.7 Å². The van der Waals surface area contributed by atoms with E-state index in [1.807, 2.05) is 93.7 Å². The second-order valence-corrected chi connectivity index (χ2v) is 13.1. The number of fused-ring (bicyclic) bond motifs is 1. The molecule has 0 saturated carbocycles. The van der Waals surface area contributed by atoms with Crippen molar-refractivity contribution in [3.05, 3.63) is 102 Å². The molecule has 0 aliphatic rings. The summed E-state index contributed by atoms with van der Waals surface area (Å²) in [6, 6.07) is 25.1. The molecule has 47 heavy (non-hydrogen) atoms. The number of rotatable bonds is 17. The highest BCUT2D eigenvalue weighted by Crippen LogP contribution is 2.22. The number of aromatic amines is 1. The summed E-state index contributed by atoms with van der Waals surface area (Å²) < 4.78 is 10.8. The molecule has 2 atom stereocenters. The third kappa shape index (κ3) is 11.6. The van der Waals surface area contributed by atoms with Gasteiger partial charge in [-0.15, -0.1) is 0 Å². The summed E-state index contributed by atoms with van der Waals surface area (Å²) >= 11 is 0. The normalized spacial score (nSPS) is 12.7. The number of esters is 1. The topological polar surface area (TPSA) is 110 Å². The van der Waals surface area contributed by atoms with Gasteiger partial charge in [-0.25, -0.2) is 0 Å². The Morgan fingerprint density at radius 3 is 2.23 bits per heavy atom. The molecule has 0 aliphatic carbocycles. The molecule has 0 aliphatic heterocycles. The highest BCUT2D eigenvalue weighted by Gasteiger charge is 2.29. The fourth-order valence-electron chi connectivity index (χ4n) is 5.72. The van der Waals surface area contributed by atoms with E-state index in [9.17, 15) is 14.4 Å². The van der Waals surface area contributed by atoms with Crippen LogP contribution in [-0.4, -0.2) is 48.1 Å². The first-order valence-corrected chi connectivity index (χ1v) is 16.6. The number of ether oxygens (including phenoxy) is 2. The molecule has 2 amide bonds. The smallest absolute Gasteiger partial charge is 0.307 e. The van der Waals surface area contributed by atoms with E-state index in [2.05, 4.69) is 27.8 Å². The van der Waals surface area contributed by atoms with Gasteiger partial charge in [0.1, 0.15) is 17.4 Å². The van der Waals surface area contributed by atoms with Crippen LogP contribution < -0.4 is 15.4 Å². The zero-order chi connectivity index (χ0) is 33.6. The largest absolute Gasteiger partial charge is 0.497 e. The lowest BCUT2D eigenvalue weighted by atomic mass is 9.94. The first-order valence-electron chi connectivity index (χ1n) is 16.6. The minimum absolute atomic E-state index is 0.0446. The first-order chi connectivity index (χ1) is 22.6. The van der Waals surface area contributed by atoms with Gasteiger partial charge in [-0.2, -0.15) is 0 Å². The van der Waals surface area contributed by atoms with Crippen molar-refractivity contribution in [1.82, 2.24) is 15.6 Å². The second-order valence-electron chi connectivity index (χ2n) is 13.1. The van der Waals surface area contributed by atoms with Crippen molar-refractivity contribution in [3.63, 3.8) is 0 Å². The molecule has 3 N–H and O–H groups in total. The predicted molar refractivity (Wildman–Crippen MR) is 186 cm³/mol. The van der Waals surface area contributed by atoms with Gasteiger partial charge in [-0.05, 0) is 81.3 Å². The number of para-hydroxylation sites is 1. The van der Waals surface area contributed by atoms with Gasteiger partial charge in [0.15, 0.2) is 0 Å². The van der Waals surface area contributed by atoms with Gasteiger partial charge < -0.3 is 25.1 Å². The van der Waals surface area contributed by atoms with Crippen LogP contribution >= 0.6 is 0 Å². The predicted octanol–water partition coefficient (Wildman–Crippen LogP) is 6.71. The fraction of sp³-hybridized carbons (Fsp3) is 0.410. The van der Waals surface area contributed by atoms with E-state index in [0.29, 0.717) is 25.8 Å². The van der Waals surface area contributed by atoms with Crippen LogP contribution in [0.25, 0.3) is 10.9 Å². The minimum Gasteiger partial charge on any atom is -0.497 e. The molecule has 0 fully saturated rings. The summed E-state index contributed by atoms with van der Waals surface area (Å²) in [5, 5.41) is 7.06. The van der Waals surface area contributed by atoms with Crippen molar-refractivity contribution < 1.29 is 23.9 Å². The van der Waals surface area contributed by atoms with Gasteiger partial charge >= 0.3 is 5.97 Å². The number of carbonyl (C=O) groups is 3. The molecule has 8 nitrogen and oxygen atoms in total. The molecule has 250 valence electrons. The van der Waals surface area contributed by atoms with Crippen LogP contribution in [0, 0.1) is 5.92 Å². The van der Waals surface area contributed by atoms with E-state index in [1.165, 1.54) is 5.56 Å². The fourth-order valence-corrected chi connectivity index (χ4v) is 5.72. The first kappa shape index (κ1) is 35.3. The Balaban J connectivity index is 1.43. The van der Waals surface area contributed by atoms with Crippen LogP contribution in [0.15, 0.2) is 85.1 Å². The average Bonchev–Trinajstić information content (AvgIpc) is 3.46. The monoisotopic (exact) mass is 639 g/mol. The van der Waals surface area contributed by atoms with Crippen LogP contribution in [0.3, 0.4) is 0 Å². The Morgan fingerprint density at radius 1 is 0.809 bits per heavy atom. The number of unbranched alkanes of at least 4 members (excludes halogenated alkanes) is 2. The van der Waals surface area contributed by atoms with E-state index in [-0.39, 0.29) is 18.2 Å². The van der Waals surface area contributed by atoms with Crippen molar-refractivity contribution in [2.45, 2.75) is 83.8 Å². The third-order valence-electron chi connectivity index (χ3n) is 8.17. The summed E-state index contributed by atoms with van der Waals surface area (Å²) in [7, 11) is 1.65. The number of aromatic nitrogens is 1. The van der Waals surface area contributed by atoms with Gasteiger partial charge in [-0.1, -0.05) is 73.5 Å². The Labute approximate surface area is 278 Å². The Morgan fingerprint density at radius 2 is 1.51 bits per heavy atom. The Kier molecular flexibility index (Phi) is 13.0. The lowest BCUT2D eigenvalue weighted by Gasteiger charge is -2.24. The quantitative estimate of drug-likeness (QED) is 0.0879. The van der Waals surface area contributed by atoms with Crippen molar-refractivity contribution in [1.29, 1.82) is 0 Å². The molecular weight excluding hydrogens is 590 g/mol. The number of H-pyrrole nitrogens is 1. The van der Waals surface area contributed by atoms with Gasteiger partial charge in [0.25, 0.3) is 0 Å². The Bertz CT molecular complexity index is 1570. The highest BCUT2D eigenvalue weighted by atomic mass is 16.6. The summed E-state index contributed by atoms with van der Waals surface area (Å²) in [6.07, 6.45) is 6.91. The molecule has 1 heterocycles. The van der Waals surface area contributed by atoms with E-state index in [0.717, 1.165) is 53.5 Å². The molecule has 1 aromatic heterocycles. The number of amides is 2. The lowest BCUT2D eigenvalue weighted by molar-refractivity contribution is -0.157. The van der Waals surface area contributed by atoms with Gasteiger partial charge in [0.05, 0.1) is 13.5 Å². The number of hydrogen-bond acceptors (Lipinski definition) is 5. The minimum atomic E-state index is -0.811. The number of aryl methyl sites for hydroxylation is 1. The number of carbonyl (C=O) groups excluding carboxylic acids is 3. The zero-order valence-electron chi connectivity index (χ0n) is 28.1. The van der Waals surface area contributed by atoms with E-state index < -0.39 is 23.5 Å².